The third-order valence-electron chi connectivity index (χ3n) is 10.6. The molecule has 212 valence electrons. The fourth-order valence-electron chi connectivity index (χ4n) is 7.38. The molecule has 4 fully saturated rings. The Kier molecular flexibility index (Phi) is 7.15. The molecule has 0 unspecified atom stereocenters. The van der Waals surface area contributed by atoms with E-state index in [9.17, 15) is 4.79 Å². The highest BCUT2D eigenvalue weighted by molar-refractivity contribution is 5.75. The summed E-state index contributed by atoms with van der Waals surface area (Å²) < 4.78 is 0. The molecular formula is C33H49N5O. The minimum Gasteiger partial charge on any atom is -0.370 e. The molecule has 39 heavy (non-hydrogen) atoms. The van der Waals surface area contributed by atoms with E-state index in [1.807, 2.05) is 11.8 Å². The van der Waals surface area contributed by atoms with E-state index in [4.69, 9.17) is 0 Å². The van der Waals surface area contributed by atoms with Crippen LogP contribution in [0.5, 0.6) is 0 Å². The summed E-state index contributed by atoms with van der Waals surface area (Å²) in [5, 5.41) is 6.49. The van der Waals surface area contributed by atoms with Gasteiger partial charge in [-0.2, -0.15) is 0 Å². The summed E-state index contributed by atoms with van der Waals surface area (Å²) in [5.41, 5.74) is 6.48. The van der Waals surface area contributed by atoms with Crippen molar-refractivity contribution in [3.63, 3.8) is 0 Å². The number of anilines is 2. The fourth-order valence-corrected chi connectivity index (χ4v) is 7.38. The molecule has 4 atom stereocenters. The normalized spacial score (nSPS) is 33.1. The Morgan fingerprint density at radius 1 is 0.692 bits per heavy atom. The van der Waals surface area contributed by atoms with E-state index in [1.54, 1.807) is 0 Å². The molecule has 4 aliphatic rings. The largest absolute Gasteiger partial charge is 0.370 e. The van der Waals surface area contributed by atoms with Crippen LogP contribution in [0, 0.1) is 35.5 Å². The minimum absolute atomic E-state index is 0.0845. The lowest BCUT2D eigenvalue weighted by atomic mass is 9.71. The first-order chi connectivity index (χ1) is 18.4. The summed E-state index contributed by atoms with van der Waals surface area (Å²) in [6, 6.07) is 17.8. The molecule has 6 heteroatoms. The molecule has 0 radical (unpaired) electrons. The van der Waals surface area contributed by atoms with Crippen molar-refractivity contribution in [3.8, 4) is 0 Å². The van der Waals surface area contributed by atoms with Gasteiger partial charge in [0.15, 0.2) is 0 Å². The molecule has 0 aromatic heterocycles. The van der Waals surface area contributed by atoms with Gasteiger partial charge in [-0.05, 0) is 45.0 Å². The van der Waals surface area contributed by atoms with E-state index < -0.39 is 0 Å². The van der Waals surface area contributed by atoms with Crippen LogP contribution in [0.25, 0.3) is 0 Å². The molecule has 0 bridgehead atoms. The summed E-state index contributed by atoms with van der Waals surface area (Å²) >= 11 is 0. The number of urea groups is 1. The van der Waals surface area contributed by atoms with Crippen LogP contribution in [-0.2, 0) is 0 Å². The molecule has 2 amide bonds. The smallest absolute Gasteiger partial charge is 0.317 e. The number of hydrogen-bond acceptors (Lipinski definition) is 4. The van der Waals surface area contributed by atoms with Crippen LogP contribution in [0.2, 0.25) is 0 Å². The highest BCUT2D eigenvalue weighted by Gasteiger charge is 2.58. The Morgan fingerprint density at radius 2 is 1.08 bits per heavy atom. The third kappa shape index (κ3) is 5.01. The number of carbonyl (C=O) groups is 1. The van der Waals surface area contributed by atoms with Crippen LogP contribution >= 0.6 is 0 Å². The molecule has 0 spiro atoms. The zero-order valence-electron chi connectivity index (χ0n) is 25.2. The van der Waals surface area contributed by atoms with Crippen LogP contribution in [0.3, 0.4) is 0 Å². The lowest BCUT2D eigenvalue weighted by Crippen LogP contribution is -2.41. The van der Waals surface area contributed by atoms with E-state index in [-0.39, 0.29) is 16.9 Å². The van der Waals surface area contributed by atoms with Gasteiger partial charge in [-0.15, -0.1) is 0 Å². The Labute approximate surface area is 236 Å². The quantitative estimate of drug-likeness (QED) is 0.564. The second-order valence-corrected chi connectivity index (χ2v) is 13.9. The summed E-state index contributed by atoms with van der Waals surface area (Å²) in [4.78, 5) is 19.2. The minimum atomic E-state index is 0.0845. The Morgan fingerprint density at radius 3 is 1.46 bits per heavy atom. The Bertz CT molecular complexity index is 1140. The van der Waals surface area contributed by atoms with Crippen molar-refractivity contribution < 1.29 is 4.79 Å². The molecule has 0 aliphatic carbocycles. The highest BCUT2D eigenvalue weighted by Crippen LogP contribution is 2.52. The number of hydrogen-bond donors (Lipinski definition) is 2. The van der Waals surface area contributed by atoms with E-state index in [1.165, 1.54) is 35.6 Å². The number of likely N-dealkylation sites (tertiary alicyclic amines) is 1. The van der Waals surface area contributed by atoms with Gasteiger partial charge in [-0.3, -0.25) is 0 Å². The van der Waals surface area contributed by atoms with Crippen LogP contribution < -0.4 is 20.4 Å². The predicted molar refractivity (Wildman–Crippen MR) is 163 cm³/mol. The fraction of sp³-hybridized carbons (Fsp3) is 0.606. The maximum atomic E-state index is 12.2. The average Bonchev–Trinajstić information content (AvgIpc) is 3.49. The summed E-state index contributed by atoms with van der Waals surface area (Å²) in [6.45, 7) is 24.9. The second kappa shape index (κ2) is 10.0. The van der Waals surface area contributed by atoms with Crippen molar-refractivity contribution in [2.75, 3.05) is 68.7 Å². The average molecular weight is 532 g/mol. The van der Waals surface area contributed by atoms with Gasteiger partial charge in [0.1, 0.15) is 0 Å². The lowest BCUT2D eigenvalue weighted by Gasteiger charge is -2.30. The van der Waals surface area contributed by atoms with Gasteiger partial charge in [0.25, 0.3) is 0 Å². The molecule has 6 rings (SSSR count). The van der Waals surface area contributed by atoms with E-state index in [0.717, 1.165) is 39.3 Å². The van der Waals surface area contributed by atoms with Crippen molar-refractivity contribution in [2.45, 2.75) is 48.5 Å². The number of rotatable bonds is 3. The van der Waals surface area contributed by atoms with E-state index >= 15 is 0 Å². The second-order valence-electron chi connectivity index (χ2n) is 13.9. The van der Waals surface area contributed by atoms with Crippen molar-refractivity contribution in [1.82, 2.24) is 15.5 Å². The topological polar surface area (TPSA) is 50.9 Å². The SMILES string of the molecule is CCNC(=O)N1C[C@@]2(C)CN(c3ccc(C)cc3)C[C@@]2(C)C1.Cc1ccc(N2C[C@]3(C)CNC[C@]3(C)C2)cc1. The summed E-state index contributed by atoms with van der Waals surface area (Å²) in [6.07, 6.45) is 0. The van der Waals surface area contributed by atoms with Gasteiger partial charge in [-0.25, -0.2) is 4.79 Å². The molecule has 4 heterocycles. The van der Waals surface area contributed by atoms with Crippen molar-refractivity contribution >= 4 is 17.4 Å². The zero-order chi connectivity index (χ0) is 28.1. The zero-order valence-corrected chi connectivity index (χ0v) is 25.2. The van der Waals surface area contributed by atoms with Crippen LogP contribution in [0.1, 0.15) is 45.7 Å². The van der Waals surface area contributed by atoms with Gasteiger partial charge in [-0.1, -0.05) is 63.1 Å². The van der Waals surface area contributed by atoms with E-state index in [2.05, 4.69) is 111 Å². The third-order valence-corrected chi connectivity index (χ3v) is 10.6. The van der Waals surface area contributed by atoms with Gasteiger partial charge in [0, 0.05) is 91.9 Å². The monoisotopic (exact) mass is 531 g/mol. The Balaban J connectivity index is 0.000000163. The van der Waals surface area contributed by atoms with Crippen molar-refractivity contribution in [2.24, 2.45) is 21.7 Å². The molecule has 4 saturated heterocycles. The molecule has 6 nitrogen and oxygen atoms in total. The number of nitrogens with zero attached hydrogens (tertiary/aromatic N) is 3. The lowest BCUT2D eigenvalue weighted by molar-refractivity contribution is 0.203. The number of fused-ring (bicyclic) bond motifs is 2. The summed E-state index contributed by atoms with van der Waals surface area (Å²) in [5.74, 6) is 0. The molecule has 4 aliphatic heterocycles. The predicted octanol–water partition coefficient (Wildman–Crippen LogP) is 5.30. The van der Waals surface area contributed by atoms with Gasteiger partial charge in [0.2, 0.25) is 0 Å². The van der Waals surface area contributed by atoms with Crippen molar-refractivity contribution in [3.05, 3.63) is 59.7 Å². The number of benzene rings is 2. The number of nitrogens with one attached hydrogen (secondary N) is 2. The molecule has 2 aromatic rings. The standard InChI is InChI=1S/C18H27N3O.C15H22N2/c1-5-19-16(22)21-12-17(3)10-20(11-18(17,4)13-21)15-8-6-14(2)7-9-15;1-12-4-6-13(7-5-12)17-10-14(2)8-16-9-15(14,3)11-17/h6-9H,5,10-13H2,1-4H3,(H,19,22);4-7,16H,8-11H2,1-3H3/t17-,18+;14-,15+. The van der Waals surface area contributed by atoms with E-state index in [0.29, 0.717) is 17.4 Å². The van der Waals surface area contributed by atoms with Gasteiger partial charge in [0.05, 0.1) is 0 Å². The first-order valence-electron chi connectivity index (χ1n) is 14.8. The van der Waals surface area contributed by atoms with Gasteiger partial charge < -0.3 is 25.3 Å². The molecular weight excluding hydrogens is 482 g/mol. The van der Waals surface area contributed by atoms with Crippen molar-refractivity contribution in [1.29, 1.82) is 0 Å². The maximum absolute atomic E-state index is 12.2. The van der Waals surface area contributed by atoms with Gasteiger partial charge >= 0.3 is 6.03 Å². The molecule has 2 aromatic carbocycles. The summed E-state index contributed by atoms with van der Waals surface area (Å²) in [7, 11) is 0. The number of aryl methyl sites for hydroxylation is 2. The van der Waals surface area contributed by atoms with Crippen LogP contribution in [-0.4, -0.2) is 69.8 Å². The first-order valence-corrected chi connectivity index (χ1v) is 14.8. The Hall–Kier alpha value is -2.73. The highest BCUT2D eigenvalue weighted by atomic mass is 16.2. The molecule has 0 saturated carbocycles. The number of amides is 2. The molecule has 2 N–H and O–H groups in total. The maximum Gasteiger partial charge on any atom is 0.317 e. The number of carbonyl (C=O) groups excluding carboxylic acids is 1. The van der Waals surface area contributed by atoms with Crippen LogP contribution in [0.15, 0.2) is 48.5 Å². The first kappa shape index (κ1) is 27.8. The van der Waals surface area contributed by atoms with Crippen LogP contribution in [0.4, 0.5) is 16.2 Å².